The molecule has 0 fully saturated rings. The number of hydrogen-bond donors (Lipinski definition) is 0. The van der Waals surface area contributed by atoms with Crippen molar-refractivity contribution in [3.05, 3.63) is 70.8 Å². The fraction of sp³-hybridized carbons (Fsp3) is 0.548. The van der Waals surface area contributed by atoms with Crippen LogP contribution in [0.15, 0.2) is 48.5 Å². The van der Waals surface area contributed by atoms with E-state index >= 15 is 0 Å². The van der Waals surface area contributed by atoms with Gasteiger partial charge in [0.05, 0.1) is 11.1 Å². The molecule has 0 amide bonds. The van der Waals surface area contributed by atoms with Gasteiger partial charge in [-0.2, -0.15) is 0 Å². The second-order valence-electron chi connectivity index (χ2n) is 10.5. The summed E-state index contributed by atoms with van der Waals surface area (Å²) in [6.07, 6.45) is 5.14. The zero-order valence-corrected chi connectivity index (χ0v) is 22.5. The molecule has 192 valence electrons. The number of hydrogen-bond acceptors (Lipinski definition) is 4. The molecule has 2 unspecified atom stereocenters. The predicted octanol–water partition coefficient (Wildman–Crippen LogP) is 7.82. The van der Waals surface area contributed by atoms with Gasteiger partial charge in [0.15, 0.2) is 0 Å². The average Bonchev–Trinajstić information content (AvgIpc) is 2.79. The van der Waals surface area contributed by atoms with E-state index in [1.807, 2.05) is 48.5 Å². The summed E-state index contributed by atoms with van der Waals surface area (Å²) in [6.45, 7) is 12.9. The molecule has 0 spiro atoms. The summed E-state index contributed by atoms with van der Waals surface area (Å²) in [6, 6.07) is 15.4. The first-order chi connectivity index (χ1) is 16.7. The Morgan fingerprint density at radius 3 is 1.26 bits per heavy atom. The largest absolute Gasteiger partial charge is 0.459 e. The van der Waals surface area contributed by atoms with E-state index in [0.717, 1.165) is 38.5 Å². The van der Waals surface area contributed by atoms with Crippen LogP contribution in [0.3, 0.4) is 0 Å². The molecule has 4 nitrogen and oxygen atoms in total. The molecule has 0 bridgehead atoms. The van der Waals surface area contributed by atoms with Gasteiger partial charge in [0, 0.05) is 6.42 Å². The minimum atomic E-state index is -0.318. The van der Waals surface area contributed by atoms with Crippen LogP contribution in [0.4, 0.5) is 0 Å². The quantitative estimate of drug-likeness (QED) is 0.259. The first-order valence-electron chi connectivity index (χ1n) is 13.3. The van der Waals surface area contributed by atoms with E-state index in [1.165, 1.54) is 11.1 Å². The highest BCUT2D eigenvalue weighted by Crippen LogP contribution is 2.20. The number of ether oxygens (including phenoxy) is 2. The maximum absolute atomic E-state index is 12.8. The molecule has 2 atom stereocenters. The van der Waals surface area contributed by atoms with Crippen LogP contribution in [0.5, 0.6) is 0 Å². The third-order valence-corrected chi connectivity index (χ3v) is 5.96. The molecular weight excluding hydrogens is 436 g/mol. The molecule has 0 N–H and O–H groups in total. The lowest BCUT2D eigenvalue weighted by Crippen LogP contribution is -2.27. The minimum Gasteiger partial charge on any atom is -0.459 e. The highest BCUT2D eigenvalue weighted by Gasteiger charge is 2.23. The fourth-order valence-corrected chi connectivity index (χ4v) is 4.32. The Hall–Kier alpha value is -2.62. The summed E-state index contributed by atoms with van der Waals surface area (Å²) >= 11 is 0. The molecule has 0 heterocycles. The predicted molar refractivity (Wildman–Crippen MR) is 143 cm³/mol. The molecule has 0 aromatic heterocycles. The second kappa shape index (κ2) is 14.7. The highest BCUT2D eigenvalue weighted by molar-refractivity contribution is 5.90. The van der Waals surface area contributed by atoms with Crippen LogP contribution in [0.1, 0.15) is 105 Å². The highest BCUT2D eigenvalue weighted by atomic mass is 16.6. The van der Waals surface area contributed by atoms with E-state index in [0.29, 0.717) is 29.4 Å². The van der Waals surface area contributed by atoms with Gasteiger partial charge in [-0.05, 0) is 72.9 Å². The van der Waals surface area contributed by atoms with Crippen LogP contribution in [0.25, 0.3) is 0 Å². The van der Waals surface area contributed by atoms with E-state index in [4.69, 9.17) is 9.47 Å². The van der Waals surface area contributed by atoms with Gasteiger partial charge in [-0.1, -0.05) is 78.6 Å². The number of benzene rings is 2. The third-order valence-electron chi connectivity index (χ3n) is 5.96. The standard InChI is InChI=1S/C31H44O4/c1-7-9-28(34-30(32)26-15-11-24(12-16-26)19-22(3)4)21-29(10-8-2)35-31(33)27-17-13-25(14-18-27)20-23(5)6/h11-18,22-23,28-29H,7-10,19-21H2,1-6H3. The molecule has 2 rings (SSSR count). The van der Waals surface area contributed by atoms with Crippen LogP contribution in [-0.2, 0) is 22.3 Å². The van der Waals surface area contributed by atoms with Crippen molar-refractivity contribution in [3.63, 3.8) is 0 Å². The molecule has 2 aromatic rings. The zero-order valence-electron chi connectivity index (χ0n) is 22.5. The molecule has 2 aromatic carbocycles. The summed E-state index contributed by atoms with van der Waals surface area (Å²) in [5.74, 6) is 0.500. The van der Waals surface area contributed by atoms with Crippen LogP contribution in [0, 0.1) is 11.8 Å². The monoisotopic (exact) mass is 480 g/mol. The molecule has 0 aliphatic rings. The average molecular weight is 481 g/mol. The van der Waals surface area contributed by atoms with Gasteiger partial charge in [0.1, 0.15) is 12.2 Å². The van der Waals surface area contributed by atoms with Gasteiger partial charge in [0.2, 0.25) is 0 Å². The van der Waals surface area contributed by atoms with Gasteiger partial charge in [-0.25, -0.2) is 9.59 Å². The van der Waals surface area contributed by atoms with Crippen LogP contribution < -0.4 is 0 Å². The molecule has 0 radical (unpaired) electrons. The number of carbonyl (C=O) groups excluding carboxylic acids is 2. The van der Waals surface area contributed by atoms with E-state index in [1.54, 1.807) is 0 Å². The minimum absolute atomic E-state index is 0.291. The van der Waals surface area contributed by atoms with E-state index in [2.05, 4.69) is 41.5 Å². The van der Waals surface area contributed by atoms with Crippen molar-refractivity contribution in [1.82, 2.24) is 0 Å². The topological polar surface area (TPSA) is 52.6 Å². The first kappa shape index (κ1) is 28.6. The Labute approximate surface area is 212 Å². The van der Waals surface area contributed by atoms with Crippen molar-refractivity contribution >= 4 is 11.9 Å². The van der Waals surface area contributed by atoms with Gasteiger partial charge < -0.3 is 9.47 Å². The summed E-state index contributed by atoms with van der Waals surface area (Å²) in [7, 11) is 0. The summed E-state index contributed by atoms with van der Waals surface area (Å²) in [5.41, 5.74) is 3.55. The van der Waals surface area contributed by atoms with Crippen LogP contribution >= 0.6 is 0 Å². The Balaban J connectivity index is 2.01. The third kappa shape index (κ3) is 10.3. The van der Waals surface area contributed by atoms with Crippen molar-refractivity contribution in [1.29, 1.82) is 0 Å². The van der Waals surface area contributed by atoms with Crippen molar-refractivity contribution in [2.45, 2.75) is 98.7 Å². The van der Waals surface area contributed by atoms with Gasteiger partial charge in [-0.15, -0.1) is 0 Å². The molecule has 0 saturated heterocycles. The lowest BCUT2D eigenvalue weighted by atomic mass is 10.0. The molecular formula is C31H44O4. The summed E-state index contributed by atoms with van der Waals surface area (Å²) in [5, 5.41) is 0. The molecule has 0 saturated carbocycles. The maximum atomic E-state index is 12.8. The van der Waals surface area contributed by atoms with Gasteiger partial charge >= 0.3 is 11.9 Å². The Bertz CT molecular complexity index is 821. The van der Waals surface area contributed by atoms with Crippen molar-refractivity contribution in [2.75, 3.05) is 0 Å². The van der Waals surface area contributed by atoms with Gasteiger partial charge in [0.25, 0.3) is 0 Å². The number of esters is 2. The molecule has 4 heteroatoms. The maximum Gasteiger partial charge on any atom is 0.338 e. The Morgan fingerprint density at radius 1 is 0.629 bits per heavy atom. The first-order valence-corrected chi connectivity index (χ1v) is 13.3. The summed E-state index contributed by atoms with van der Waals surface area (Å²) < 4.78 is 11.8. The summed E-state index contributed by atoms with van der Waals surface area (Å²) in [4.78, 5) is 25.6. The smallest absolute Gasteiger partial charge is 0.338 e. The van der Waals surface area contributed by atoms with Crippen LogP contribution in [-0.4, -0.2) is 24.1 Å². The fourth-order valence-electron chi connectivity index (χ4n) is 4.32. The SMILES string of the molecule is CCCC(CC(CCC)OC(=O)c1ccc(CC(C)C)cc1)OC(=O)c1ccc(CC(C)C)cc1. The zero-order chi connectivity index (χ0) is 25.8. The molecule has 35 heavy (non-hydrogen) atoms. The lowest BCUT2D eigenvalue weighted by Gasteiger charge is -2.24. The van der Waals surface area contributed by atoms with Crippen molar-refractivity contribution < 1.29 is 19.1 Å². The molecule has 0 aliphatic carbocycles. The molecule has 0 aliphatic heterocycles. The Morgan fingerprint density at radius 2 is 0.971 bits per heavy atom. The van der Waals surface area contributed by atoms with Crippen LogP contribution in [0.2, 0.25) is 0 Å². The van der Waals surface area contributed by atoms with Gasteiger partial charge in [-0.3, -0.25) is 0 Å². The Kier molecular flexibility index (Phi) is 12.0. The number of rotatable bonds is 14. The second-order valence-corrected chi connectivity index (χ2v) is 10.5. The van der Waals surface area contributed by atoms with Crippen molar-refractivity contribution in [3.8, 4) is 0 Å². The van der Waals surface area contributed by atoms with E-state index in [-0.39, 0.29) is 24.1 Å². The number of carbonyl (C=O) groups is 2. The van der Waals surface area contributed by atoms with Crippen molar-refractivity contribution in [2.24, 2.45) is 11.8 Å². The lowest BCUT2D eigenvalue weighted by molar-refractivity contribution is -0.00415. The normalized spacial score (nSPS) is 13.0. The van der Waals surface area contributed by atoms with E-state index in [9.17, 15) is 9.59 Å². The van der Waals surface area contributed by atoms with E-state index < -0.39 is 0 Å².